The van der Waals surface area contributed by atoms with E-state index in [4.69, 9.17) is 26.1 Å². The molecule has 250 valence electrons. The van der Waals surface area contributed by atoms with Crippen LogP contribution in [0.3, 0.4) is 0 Å². The molecule has 3 atom stereocenters. The summed E-state index contributed by atoms with van der Waals surface area (Å²) in [7, 11) is 0. The Balaban J connectivity index is 1.29. The Kier molecular flexibility index (Phi) is 7.59. The third-order valence-corrected chi connectivity index (χ3v) is 11.7. The van der Waals surface area contributed by atoms with Gasteiger partial charge in [0.15, 0.2) is 5.82 Å². The Morgan fingerprint density at radius 1 is 1.25 bits per heavy atom. The summed E-state index contributed by atoms with van der Waals surface area (Å²) >= 11 is 7.58. The summed E-state index contributed by atoms with van der Waals surface area (Å²) in [6.07, 6.45) is 2.29. The zero-order valence-electron chi connectivity index (χ0n) is 25.6. The number of hydrogen-bond donors (Lipinski definition) is 2. The molecule has 4 aliphatic heterocycles. The van der Waals surface area contributed by atoms with Gasteiger partial charge in [-0.2, -0.15) is 15.2 Å². The van der Waals surface area contributed by atoms with Gasteiger partial charge in [0, 0.05) is 48.8 Å². The molecule has 4 aromatic rings. The number of benzene rings is 2. The van der Waals surface area contributed by atoms with Gasteiger partial charge in [0.05, 0.1) is 33.0 Å². The zero-order valence-corrected chi connectivity index (χ0v) is 27.2. The number of rotatable bonds is 6. The van der Waals surface area contributed by atoms with Crippen molar-refractivity contribution in [3.8, 4) is 23.2 Å². The van der Waals surface area contributed by atoms with E-state index in [9.17, 15) is 19.6 Å². The van der Waals surface area contributed by atoms with Crippen LogP contribution in [0.5, 0.6) is 6.01 Å². The molecule has 1 amide bonds. The maximum Gasteiger partial charge on any atom is 0.409 e. The second-order valence-corrected chi connectivity index (χ2v) is 14.5. The standard InChI is InChI=1S/C33H30ClF3N6O4S/c34-21-11-19-26(25(37)24(21)18-3-4-22(36)27-23(18)20(13-38)29(48-27)41-31(44)45)39-30(46-16-32-5-1-9-43(32)14-17(35)12-32)40-28(19)42-8-2-6-33(15-42)7-10-47-33/h3-4,11,17,41H,1-2,5-10,12,14-16H2,(H,44,45)/t17-,32+,33?/m1/s1. The average Bonchev–Trinajstić information content (AvgIpc) is 3.70. The molecule has 4 fully saturated rings. The minimum absolute atomic E-state index is 0.0266. The SMILES string of the molecule is N#Cc1c(NC(=O)O)sc2c(F)ccc(-c3c(Cl)cc4c(N5CCCC6(CCO6)C5)nc(OC[C@@]56CCCN5C[C@H](F)C6)nc4c3F)c12. The summed E-state index contributed by atoms with van der Waals surface area (Å²) in [5, 5.41) is 21.7. The normalized spacial score (nSPS) is 25.4. The van der Waals surface area contributed by atoms with Crippen LogP contribution in [-0.4, -0.2) is 82.8 Å². The fraction of sp³-hybridized carbons (Fsp3) is 0.455. The number of piperidine rings is 1. The molecule has 0 bridgehead atoms. The number of hydrogen-bond acceptors (Lipinski definition) is 9. The highest BCUT2D eigenvalue weighted by Crippen LogP contribution is 2.47. The van der Waals surface area contributed by atoms with E-state index in [1.807, 2.05) is 11.0 Å². The Morgan fingerprint density at radius 2 is 2.06 bits per heavy atom. The maximum absolute atomic E-state index is 17.0. The van der Waals surface area contributed by atoms with E-state index in [0.717, 1.165) is 56.1 Å². The van der Waals surface area contributed by atoms with Crippen molar-refractivity contribution in [2.75, 3.05) is 49.6 Å². The van der Waals surface area contributed by atoms with Gasteiger partial charge in [-0.3, -0.25) is 10.2 Å². The number of thiophene rings is 1. The molecule has 8 rings (SSSR count). The van der Waals surface area contributed by atoms with Gasteiger partial charge in [-0.25, -0.2) is 18.0 Å². The van der Waals surface area contributed by atoms with E-state index >= 15 is 8.78 Å². The first-order valence-corrected chi connectivity index (χ1v) is 17.1. The van der Waals surface area contributed by atoms with Crippen molar-refractivity contribution in [3.05, 3.63) is 40.4 Å². The number of carboxylic acid groups (broad SMARTS) is 1. The largest absolute Gasteiger partial charge is 0.465 e. The molecule has 2 N–H and O–H groups in total. The molecule has 6 heterocycles. The number of amides is 1. The third-order valence-electron chi connectivity index (χ3n) is 10.3. The predicted molar refractivity (Wildman–Crippen MR) is 175 cm³/mol. The highest BCUT2D eigenvalue weighted by atomic mass is 35.5. The quantitative estimate of drug-likeness (QED) is 0.217. The molecule has 0 saturated carbocycles. The van der Waals surface area contributed by atoms with Crippen molar-refractivity contribution in [3.63, 3.8) is 0 Å². The number of nitrogens with one attached hydrogen (secondary N) is 1. The molecule has 0 radical (unpaired) electrons. The molecule has 1 spiro atoms. The fourth-order valence-corrected chi connectivity index (χ4v) is 9.39. The molecule has 0 aliphatic carbocycles. The van der Waals surface area contributed by atoms with E-state index in [-0.39, 0.29) is 60.5 Å². The smallest absolute Gasteiger partial charge is 0.409 e. The number of nitrogens with zero attached hydrogens (tertiary/aromatic N) is 5. The number of anilines is 2. The third kappa shape index (κ3) is 5.01. The van der Waals surface area contributed by atoms with Crippen molar-refractivity contribution in [1.29, 1.82) is 5.26 Å². The van der Waals surface area contributed by atoms with E-state index in [2.05, 4.69) is 15.2 Å². The summed E-state index contributed by atoms with van der Waals surface area (Å²) in [4.78, 5) is 24.9. The molecule has 4 aliphatic rings. The van der Waals surface area contributed by atoms with Crippen molar-refractivity contribution in [2.24, 2.45) is 0 Å². The molecule has 10 nitrogen and oxygen atoms in total. The van der Waals surface area contributed by atoms with Crippen LogP contribution in [0.25, 0.3) is 32.1 Å². The lowest BCUT2D eigenvalue weighted by atomic mass is 9.86. The van der Waals surface area contributed by atoms with E-state index < -0.39 is 29.4 Å². The molecule has 1 unspecified atom stereocenters. The maximum atomic E-state index is 17.0. The molecule has 15 heteroatoms. The van der Waals surface area contributed by atoms with Gasteiger partial charge in [0.25, 0.3) is 0 Å². The van der Waals surface area contributed by atoms with Gasteiger partial charge in [-0.15, -0.1) is 11.3 Å². The summed E-state index contributed by atoms with van der Waals surface area (Å²) in [5.41, 5.74) is -1.06. The minimum atomic E-state index is -1.43. The van der Waals surface area contributed by atoms with E-state index in [1.54, 1.807) is 6.07 Å². The average molecular weight is 699 g/mol. The number of nitriles is 1. The fourth-order valence-electron chi connectivity index (χ4n) is 8.02. The predicted octanol–water partition coefficient (Wildman–Crippen LogP) is 7.12. The van der Waals surface area contributed by atoms with E-state index in [0.29, 0.717) is 43.9 Å². The highest BCUT2D eigenvalue weighted by molar-refractivity contribution is 7.23. The number of ether oxygens (including phenoxy) is 2. The van der Waals surface area contributed by atoms with Crippen molar-refractivity contribution in [2.45, 2.75) is 55.8 Å². The monoisotopic (exact) mass is 698 g/mol. The minimum Gasteiger partial charge on any atom is -0.465 e. The lowest BCUT2D eigenvalue weighted by Crippen LogP contribution is -2.56. The summed E-state index contributed by atoms with van der Waals surface area (Å²) in [5.74, 6) is -1.11. The Bertz CT molecular complexity index is 2040. The second-order valence-electron chi connectivity index (χ2n) is 13.1. The van der Waals surface area contributed by atoms with Crippen LogP contribution < -0.4 is 15.0 Å². The zero-order chi connectivity index (χ0) is 33.4. The van der Waals surface area contributed by atoms with Crippen molar-refractivity contribution < 1.29 is 32.5 Å². The van der Waals surface area contributed by atoms with Gasteiger partial charge < -0.3 is 19.5 Å². The Morgan fingerprint density at radius 3 is 2.81 bits per heavy atom. The summed E-state index contributed by atoms with van der Waals surface area (Å²) in [6, 6.07) is 5.87. The highest BCUT2D eigenvalue weighted by Gasteiger charge is 2.49. The van der Waals surface area contributed by atoms with Crippen LogP contribution in [0.4, 0.5) is 28.8 Å². The number of aromatic nitrogens is 2. The Labute approximate surface area is 282 Å². The number of carbonyl (C=O) groups is 1. The lowest BCUT2D eigenvalue weighted by Gasteiger charge is -2.48. The topological polar surface area (TPSA) is 124 Å². The molecule has 2 aromatic carbocycles. The van der Waals surface area contributed by atoms with Crippen LogP contribution in [0.2, 0.25) is 5.02 Å². The van der Waals surface area contributed by atoms with Gasteiger partial charge >= 0.3 is 12.1 Å². The van der Waals surface area contributed by atoms with Crippen LogP contribution >= 0.6 is 22.9 Å². The van der Waals surface area contributed by atoms with Gasteiger partial charge in [0.2, 0.25) is 0 Å². The van der Waals surface area contributed by atoms with Crippen LogP contribution in [0.1, 0.15) is 44.1 Å². The molecule has 4 saturated heterocycles. The molecular weight excluding hydrogens is 669 g/mol. The van der Waals surface area contributed by atoms with Crippen LogP contribution in [0.15, 0.2) is 18.2 Å². The van der Waals surface area contributed by atoms with Gasteiger partial charge in [0.1, 0.15) is 41.0 Å². The first-order chi connectivity index (χ1) is 23.1. The van der Waals surface area contributed by atoms with E-state index in [1.165, 1.54) is 6.07 Å². The van der Waals surface area contributed by atoms with Crippen LogP contribution in [-0.2, 0) is 4.74 Å². The van der Waals surface area contributed by atoms with Crippen LogP contribution in [0, 0.1) is 23.0 Å². The van der Waals surface area contributed by atoms with Gasteiger partial charge in [-0.05, 0) is 49.9 Å². The number of halogens is 4. The lowest BCUT2D eigenvalue weighted by molar-refractivity contribution is -0.151. The Hall–Kier alpha value is -3.90. The first kappa shape index (κ1) is 31.4. The summed E-state index contributed by atoms with van der Waals surface area (Å²) < 4.78 is 58.8. The van der Waals surface area contributed by atoms with Crippen molar-refractivity contribution in [1.82, 2.24) is 14.9 Å². The number of alkyl halides is 1. The second kappa shape index (κ2) is 11.6. The van der Waals surface area contributed by atoms with Crippen molar-refractivity contribution >= 4 is 60.8 Å². The first-order valence-electron chi connectivity index (χ1n) is 15.9. The number of fused-ring (bicyclic) bond motifs is 3. The summed E-state index contributed by atoms with van der Waals surface area (Å²) in [6.45, 7) is 3.13. The van der Waals surface area contributed by atoms with Gasteiger partial charge in [-0.1, -0.05) is 17.7 Å². The molecular formula is C33H30ClF3N6O4S. The molecule has 48 heavy (non-hydrogen) atoms. The molecule has 2 aromatic heterocycles.